The average molecular weight is 1030 g/mol. The van der Waals surface area contributed by atoms with Crippen molar-refractivity contribution in [2.45, 2.75) is 27.7 Å². The summed E-state index contributed by atoms with van der Waals surface area (Å²) in [7, 11) is 0. The highest BCUT2D eigenvalue weighted by Gasteiger charge is 2.18. The first-order valence-electron chi connectivity index (χ1n) is 20.1. The number of aryl methyl sites for hydroxylation is 4. The van der Waals surface area contributed by atoms with Gasteiger partial charge in [-0.15, -0.1) is 0 Å². The monoisotopic (exact) mass is 1030 g/mol. The number of nitrogens with one attached hydrogen (secondary N) is 1. The van der Waals surface area contributed by atoms with Crippen LogP contribution in [0.4, 0.5) is 29.1 Å². The number of rotatable bonds is 6. The van der Waals surface area contributed by atoms with Gasteiger partial charge in [-0.1, -0.05) is 56.1 Å². The van der Waals surface area contributed by atoms with Crippen molar-refractivity contribution in [3.63, 3.8) is 0 Å². The minimum Gasteiger partial charge on any atom is -0.399 e. The topological polar surface area (TPSA) is 250 Å². The zero-order valence-electron chi connectivity index (χ0n) is 36.4. The van der Waals surface area contributed by atoms with Crippen LogP contribution >= 0.6 is 43.5 Å². The fourth-order valence-electron chi connectivity index (χ4n) is 7.36. The lowest BCUT2D eigenvalue weighted by Crippen LogP contribution is -2.04. The molecule has 0 fully saturated rings. The Morgan fingerprint density at radius 3 is 1.49 bits per heavy atom. The summed E-state index contributed by atoms with van der Waals surface area (Å²) in [5, 5.41) is 39.5. The molecule has 3 heterocycles. The molecule has 0 radical (unpaired) electrons. The van der Waals surface area contributed by atoms with Crippen molar-refractivity contribution in [1.29, 1.82) is 21.0 Å². The zero-order valence-corrected chi connectivity index (χ0v) is 40.3. The molecular formula is C51H38Br2ClN13. The van der Waals surface area contributed by atoms with Gasteiger partial charge in [0.1, 0.15) is 23.5 Å². The Bertz CT molecular complexity index is 3390. The summed E-state index contributed by atoms with van der Waals surface area (Å²) < 4.78 is 1.75. The molecule has 0 saturated carbocycles. The molecule has 0 aliphatic carbocycles. The summed E-state index contributed by atoms with van der Waals surface area (Å²) in [6.45, 7) is 8.13. The van der Waals surface area contributed by atoms with Crippen LogP contribution in [0.3, 0.4) is 0 Å². The first kappa shape index (κ1) is 48.3. The Morgan fingerprint density at radius 2 is 1.04 bits per heavy atom. The summed E-state index contributed by atoms with van der Waals surface area (Å²) in [6.07, 6.45) is 7.99. The van der Waals surface area contributed by atoms with Gasteiger partial charge in [0.2, 0.25) is 11.2 Å². The molecule has 0 spiro atoms. The molecular weight excluding hydrogens is 990 g/mol. The maximum Gasteiger partial charge on any atom is 0.230 e. The Labute approximate surface area is 408 Å². The first-order chi connectivity index (χ1) is 32.1. The van der Waals surface area contributed by atoms with Gasteiger partial charge in [0.25, 0.3) is 0 Å². The summed E-state index contributed by atoms with van der Waals surface area (Å²) >= 11 is 13.2. The van der Waals surface area contributed by atoms with E-state index in [0.29, 0.717) is 51.2 Å². The van der Waals surface area contributed by atoms with E-state index in [2.05, 4.69) is 57.1 Å². The molecule has 0 saturated heterocycles. The SMILES string of the molecule is Cc1cc(/C=C/C#N)cc(C)c1-c1cc(Br)cc2c(N)nc(Cl)nc12.Cc1cc(/C=C/C#N)cc(C)c1-c1cc(Br)cc2c(N)nc(Nc3ccc(C#N)cn3)nc12.N#Cc1ccc(N)cc1. The third kappa shape index (κ3) is 11.8. The molecule has 328 valence electrons. The molecule has 0 unspecified atom stereocenters. The van der Waals surface area contributed by atoms with Crippen LogP contribution in [0.5, 0.6) is 0 Å². The summed E-state index contributed by atoms with van der Waals surface area (Å²) in [6, 6.07) is 34.2. The van der Waals surface area contributed by atoms with Gasteiger partial charge >= 0.3 is 0 Å². The van der Waals surface area contributed by atoms with Gasteiger partial charge in [-0.3, -0.25) is 0 Å². The number of nitrogen functional groups attached to an aromatic ring is 3. The maximum absolute atomic E-state index is 8.97. The molecule has 0 bridgehead atoms. The largest absolute Gasteiger partial charge is 0.399 e. The van der Waals surface area contributed by atoms with Gasteiger partial charge in [-0.2, -0.15) is 26.0 Å². The Morgan fingerprint density at radius 1 is 0.582 bits per heavy atom. The van der Waals surface area contributed by atoms with Crippen LogP contribution in [0.15, 0.2) is 112 Å². The molecule has 5 aromatic carbocycles. The molecule has 16 heteroatoms. The molecule has 7 N–H and O–H groups in total. The third-order valence-electron chi connectivity index (χ3n) is 10.1. The van der Waals surface area contributed by atoms with E-state index in [1.807, 2.05) is 101 Å². The fourth-order valence-corrected chi connectivity index (χ4v) is 8.45. The summed E-state index contributed by atoms with van der Waals surface area (Å²) in [5.41, 5.74) is 31.1. The molecule has 0 aliphatic rings. The Hall–Kier alpha value is -8.18. The second-order valence-corrected chi connectivity index (χ2v) is 17.1. The zero-order chi connectivity index (χ0) is 48.4. The van der Waals surface area contributed by atoms with Crippen LogP contribution < -0.4 is 22.5 Å². The Kier molecular flexibility index (Phi) is 15.6. The minimum absolute atomic E-state index is 0.123. The summed E-state index contributed by atoms with van der Waals surface area (Å²) in [5.74, 6) is 1.50. The number of halogens is 3. The van der Waals surface area contributed by atoms with E-state index in [1.165, 1.54) is 18.3 Å². The second kappa shape index (κ2) is 21.7. The smallest absolute Gasteiger partial charge is 0.230 e. The number of anilines is 5. The van der Waals surface area contributed by atoms with Crippen LogP contribution in [0.25, 0.3) is 56.2 Å². The van der Waals surface area contributed by atoms with Gasteiger partial charge < -0.3 is 22.5 Å². The van der Waals surface area contributed by atoms with Crippen LogP contribution in [-0.4, -0.2) is 24.9 Å². The van der Waals surface area contributed by atoms with E-state index in [9.17, 15) is 0 Å². The highest BCUT2D eigenvalue weighted by Crippen LogP contribution is 2.39. The molecule has 8 rings (SSSR count). The highest BCUT2D eigenvalue weighted by atomic mass is 79.9. The number of nitriles is 4. The van der Waals surface area contributed by atoms with Crippen molar-refractivity contribution in [2.75, 3.05) is 22.5 Å². The average Bonchev–Trinajstić information content (AvgIpc) is 3.29. The van der Waals surface area contributed by atoms with E-state index in [4.69, 9.17) is 54.8 Å². The van der Waals surface area contributed by atoms with E-state index >= 15 is 0 Å². The molecule has 8 aromatic rings. The van der Waals surface area contributed by atoms with Gasteiger partial charge in [0.15, 0.2) is 0 Å². The maximum atomic E-state index is 8.97. The number of fused-ring (bicyclic) bond motifs is 2. The first-order valence-corrected chi connectivity index (χ1v) is 22.0. The lowest BCUT2D eigenvalue weighted by molar-refractivity contribution is 1.19. The molecule has 0 amide bonds. The van der Waals surface area contributed by atoms with Crippen molar-refractivity contribution in [1.82, 2.24) is 24.9 Å². The minimum atomic E-state index is 0.123. The van der Waals surface area contributed by atoms with Crippen LogP contribution in [0.2, 0.25) is 5.28 Å². The number of hydrogen-bond donors (Lipinski definition) is 4. The van der Waals surface area contributed by atoms with Crippen molar-refractivity contribution in [3.8, 4) is 46.5 Å². The van der Waals surface area contributed by atoms with Gasteiger partial charge in [0, 0.05) is 54.9 Å². The van der Waals surface area contributed by atoms with E-state index in [1.54, 1.807) is 48.6 Å². The lowest BCUT2D eigenvalue weighted by Gasteiger charge is -2.16. The second-order valence-electron chi connectivity index (χ2n) is 14.9. The van der Waals surface area contributed by atoms with Crippen LogP contribution in [0.1, 0.15) is 44.5 Å². The third-order valence-corrected chi connectivity index (χ3v) is 11.2. The van der Waals surface area contributed by atoms with E-state index in [-0.39, 0.29) is 5.28 Å². The molecule has 0 aliphatic heterocycles. The number of benzene rings is 5. The molecule has 3 aromatic heterocycles. The van der Waals surface area contributed by atoms with Gasteiger partial charge in [-0.25, -0.2) is 19.9 Å². The number of aromatic nitrogens is 5. The van der Waals surface area contributed by atoms with Crippen LogP contribution in [0, 0.1) is 73.0 Å². The van der Waals surface area contributed by atoms with Crippen LogP contribution in [-0.2, 0) is 0 Å². The fraction of sp³-hybridized carbons (Fsp3) is 0.0784. The lowest BCUT2D eigenvalue weighted by atomic mass is 9.92. The van der Waals surface area contributed by atoms with E-state index in [0.717, 1.165) is 75.4 Å². The predicted octanol–water partition coefficient (Wildman–Crippen LogP) is 12.4. The van der Waals surface area contributed by atoms with Gasteiger partial charge in [0.05, 0.1) is 40.4 Å². The number of nitrogens with two attached hydrogens (primary N) is 3. The molecule has 0 atom stereocenters. The predicted molar refractivity (Wildman–Crippen MR) is 275 cm³/mol. The number of nitrogens with zero attached hydrogens (tertiary/aromatic N) is 9. The summed E-state index contributed by atoms with van der Waals surface area (Å²) in [4.78, 5) is 21.8. The molecule has 67 heavy (non-hydrogen) atoms. The van der Waals surface area contributed by atoms with Gasteiger partial charge in [-0.05, 0) is 157 Å². The number of hydrogen-bond acceptors (Lipinski definition) is 13. The highest BCUT2D eigenvalue weighted by molar-refractivity contribution is 9.10. The normalized spacial score (nSPS) is 10.6. The number of pyridine rings is 1. The van der Waals surface area contributed by atoms with E-state index < -0.39 is 0 Å². The standard InChI is InChI=1S/C25H18BrN7.C19H14BrClN4.C7H6N2/c1-14-8-16(4-3-7-27)9-15(2)22(14)19-10-18(26)11-20-23(19)32-25(33-24(20)29)31-21-6-5-17(12-28)13-30-21;1-10-6-12(4-3-5-22)7-11(2)16(10)14-8-13(20)9-15-17(14)24-19(21)25-18(15)23;8-5-6-1-3-7(9)4-2-6/h3-6,8-11,13H,1-2H3,(H3,29,30,31,32,33);3-4,6-9H,1-2H3,(H2,23,24,25);1-4H,9H2/b2*4-3+;. The molecule has 13 nitrogen and oxygen atoms in total. The van der Waals surface area contributed by atoms with Crippen molar-refractivity contribution >= 4 is 107 Å². The van der Waals surface area contributed by atoms with Crippen molar-refractivity contribution in [2.24, 2.45) is 0 Å². The van der Waals surface area contributed by atoms with Crippen molar-refractivity contribution < 1.29 is 0 Å². The quantitative estimate of drug-likeness (QED) is 0.0688. The number of allylic oxidation sites excluding steroid dienone is 2. The van der Waals surface area contributed by atoms with Crippen molar-refractivity contribution in [3.05, 3.63) is 162 Å². The Balaban J connectivity index is 0.000000191.